The van der Waals surface area contributed by atoms with Crippen LogP contribution in [0.2, 0.25) is 0 Å². The van der Waals surface area contributed by atoms with Crippen LogP contribution in [-0.2, 0) is 20.9 Å². The van der Waals surface area contributed by atoms with E-state index in [1.165, 1.54) is 4.90 Å². The third kappa shape index (κ3) is 6.48. The molecule has 7 heteroatoms. The number of amides is 3. The number of benzene rings is 1. The van der Waals surface area contributed by atoms with Crippen molar-refractivity contribution in [2.24, 2.45) is 17.4 Å². The van der Waals surface area contributed by atoms with Crippen molar-refractivity contribution in [3.63, 3.8) is 0 Å². The van der Waals surface area contributed by atoms with Crippen LogP contribution in [0.4, 0.5) is 0 Å². The molecule has 7 nitrogen and oxygen atoms in total. The fraction of sp³-hybridized carbons (Fsp3) is 0.438. The molecule has 1 rings (SSSR count). The van der Waals surface area contributed by atoms with Crippen molar-refractivity contribution in [3.8, 4) is 0 Å². The molecule has 1 aromatic rings. The Bertz CT molecular complexity index is 546. The van der Waals surface area contributed by atoms with E-state index in [1.54, 1.807) is 0 Å². The van der Waals surface area contributed by atoms with Gasteiger partial charge in [-0.2, -0.15) is 0 Å². The van der Waals surface area contributed by atoms with Gasteiger partial charge in [-0.05, 0) is 11.5 Å². The lowest BCUT2D eigenvalue weighted by Gasteiger charge is -2.22. The highest BCUT2D eigenvalue weighted by molar-refractivity contribution is 5.89. The van der Waals surface area contributed by atoms with Crippen molar-refractivity contribution in [2.75, 3.05) is 13.1 Å². The average molecular weight is 320 g/mol. The Hall–Kier alpha value is -2.41. The van der Waals surface area contributed by atoms with E-state index in [4.69, 9.17) is 11.5 Å². The van der Waals surface area contributed by atoms with Gasteiger partial charge in [0.05, 0.1) is 19.1 Å². The van der Waals surface area contributed by atoms with Gasteiger partial charge in [0.25, 0.3) is 0 Å². The Morgan fingerprint density at radius 3 is 2.30 bits per heavy atom. The Morgan fingerprint density at radius 2 is 1.78 bits per heavy atom. The topological polar surface area (TPSA) is 119 Å². The van der Waals surface area contributed by atoms with Crippen LogP contribution in [0, 0.1) is 5.92 Å². The fourth-order valence-corrected chi connectivity index (χ4v) is 1.92. The molecule has 0 spiro atoms. The highest BCUT2D eigenvalue weighted by Crippen LogP contribution is 2.04. The fourth-order valence-electron chi connectivity index (χ4n) is 1.92. The molecule has 5 N–H and O–H groups in total. The Kier molecular flexibility index (Phi) is 7.21. The van der Waals surface area contributed by atoms with Gasteiger partial charge in [0.15, 0.2) is 0 Å². The van der Waals surface area contributed by atoms with E-state index in [0.717, 1.165) is 5.56 Å². The summed E-state index contributed by atoms with van der Waals surface area (Å²) < 4.78 is 0. The quantitative estimate of drug-likeness (QED) is 0.604. The van der Waals surface area contributed by atoms with E-state index in [1.807, 2.05) is 44.2 Å². The molecule has 0 aliphatic rings. The van der Waals surface area contributed by atoms with E-state index in [9.17, 15) is 14.4 Å². The number of nitrogens with two attached hydrogens (primary N) is 2. The van der Waals surface area contributed by atoms with Gasteiger partial charge >= 0.3 is 0 Å². The summed E-state index contributed by atoms with van der Waals surface area (Å²) in [7, 11) is 0. The molecule has 0 saturated carbocycles. The first-order valence-electron chi connectivity index (χ1n) is 7.44. The number of carbonyl (C=O) groups excluding carboxylic acids is 3. The van der Waals surface area contributed by atoms with Crippen molar-refractivity contribution >= 4 is 17.7 Å². The zero-order valence-electron chi connectivity index (χ0n) is 13.5. The van der Waals surface area contributed by atoms with Crippen molar-refractivity contribution in [1.82, 2.24) is 10.2 Å². The third-order valence-corrected chi connectivity index (χ3v) is 3.35. The predicted octanol–water partition coefficient (Wildman–Crippen LogP) is -0.400. The van der Waals surface area contributed by atoms with Gasteiger partial charge in [0, 0.05) is 6.54 Å². The highest BCUT2D eigenvalue weighted by Gasteiger charge is 2.20. The van der Waals surface area contributed by atoms with Crippen molar-refractivity contribution < 1.29 is 14.4 Å². The maximum Gasteiger partial charge on any atom is 0.242 e. The molecule has 0 saturated heterocycles. The van der Waals surface area contributed by atoms with Gasteiger partial charge in [0.1, 0.15) is 0 Å². The minimum atomic E-state index is -0.679. The summed E-state index contributed by atoms with van der Waals surface area (Å²) in [5.74, 6) is -1.43. The molecule has 23 heavy (non-hydrogen) atoms. The second-order valence-corrected chi connectivity index (χ2v) is 5.69. The van der Waals surface area contributed by atoms with Gasteiger partial charge in [-0.1, -0.05) is 44.2 Å². The summed E-state index contributed by atoms with van der Waals surface area (Å²) in [6.07, 6.45) is 0. The molecule has 0 unspecified atom stereocenters. The van der Waals surface area contributed by atoms with Crippen LogP contribution in [0.15, 0.2) is 30.3 Å². The zero-order chi connectivity index (χ0) is 17.4. The van der Waals surface area contributed by atoms with Crippen LogP contribution in [0.3, 0.4) is 0 Å². The Balaban J connectivity index is 2.65. The van der Waals surface area contributed by atoms with Crippen LogP contribution < -0.4 is 16.8 Å². The normalized spacial score (nSPS) is 11.8. The predicted molar refractivity (Wildman–Crippen MR) is 86.9 cm³/mol. The summed E-state index contributed by atoms with van der Waals surface area (Å²) in [5.41, 5.74) is 11.8. The van der Waals surface area contributed by atoms with Gasteiger partial charge in [-0.3, -0.25) is 14.4 Å². The Labute approximate surface area is 136 Å². The molecular weight excluding hydrogens is 296 g/mol. The molecule has 0 bridgehead atoms. The number of carbonyl (C=O) groups is 3. The van der Waals surface area contributed by atoms with Gasteiger partial charge in [-0.25, -0.2) is 0 Å². The lowest BCUT2D eigenvalue weighted by molar-refractivity contribution is -0.136. The van der Waals surface area contributed by atoms with E-state index < -0.39 is 23.8 Å². The first kappa shape index (κ1) is 18.6. The Morgan fingerprint density at radius 1 is 1.17 bits per heavy atom. The summed E-state index contributed by atoms with van der Waals surface area (Å²) >= 11 is 0. The molecule has 0 fully saturated rings. The maximum absolute atomic E-state index is 12.2. The molecule has 0 heterocycles. The van der Waals surface area contributed by atoms with Crippen molar-refractivity contribution in [1.29, 1.82) is 0 Å². The SMILES string of the molecule is CC(C)[C@H](N)C(=O)NCC(=O)N(CC(N)=O)Cc1ccccc1. The largest absolute Gasteiger partial charge is 0.368 e. The van der Waals surface area contributed by atoms with Crippen molar-refractivity contribution in [3.05, 3.63) is 35.9 Å². The molecule has 1 aromatic carbocycles. The van der Waals surface area contributed by atoms with E-state index in [-0.39, 0.29) is 25.6 Å². The minimum absolute atomic E-state index is 0.0313. The monoisotopic (exact) mass is 320 g/mol. The average Bonchev–Trinajstić information content (AvgIpc) is 2.51. The van der Waals surface area contributed by atoms with Crippen LogP contribution >= 0.6 is 0 Å². The lowest BCUT2D eigenvalue weighted by atomic mass is 10.1. The summed E-state index contributed by atoms with van der Waals surface area (Å²) in [6, 6.07) is 8.54. The smallest absolute Gasteiger partial charge is 0.242 e. The molecule has 3 amide bonds. The van der Waals surface area contributed by atoms with Crippen LogP contribution in [0.5, 0.6) is 0 Å². The summed E-state index contributed by atoms with van der Waals surface area (Å²) in [4.78, 5) is 36.5. The lowest BCUT2D eigenvalue weighted by Crippen LogP contribution is -2.48. The second kappa shape index (κ2) is 8.89. The minimum Gasteiger partial charge on any atom is -0.368 e. The van der Waals surface area contributed by atoms with Gasteiger partial charge in [-0.15, -0.1) is 0 Å². The second-order valence-electron chi connectivity index (χ2n) is 5.69. The number of primary amides is 1. The van der Waals surface area contributed by atoms with Crippen LogP contribution in [0.25, 0.3) is 0 Å². The number of nitrogens with one attached hydrogen (secondary N) is 1. The molecule has 0 aliphatic heterocycles. The molecular formula is C16H24N4O3. The molecule has 0 radical (unpaired) electrons. The van der Waals surface area contributed by atoms with Crippen LogP contribution in [-0.4, -0.2) is 41.8 Å². The molecule has 0 aliphatic carbocycles. The standard InChI is InChI=1S/C16H24N4O3/c1-11(2)15(18)16(23)19-8-14(22)20(10-13(17)21)9-12-6-4-3-5-7-12/h3-7,11,15H,8-10,18H2,1-2H3,(H2,17,21)(H,19,23)/t15-/m0/s1. The van der Waals surface area contributed by atoms with Gasteiger partial charge < -0.3 is 21.7 Å². The first-order chi connectivity index (χ1) is 10.8. The number of hydrogen-bond acceptors (Lipinski definition) is 4. The number of hydrogen-bond donors (Lipinski definition) is 3. The van der Waals surface area contributed by atoms with E-state index in [0.29, 0.717) is 0 Å². The zero-order valence-corrected chi connectivity index (χ0v) is 13.5. The molecule has 126 valence electrons. The van der Waals surface area contributed by atoms with Gasteiger partial charge in [0.2, 0.25) is 17.7 Å². The van der Waals surface area contributed by atoms with Crippen LogP contribution in [0.1, 0.15) is 19.4 Å². The number of rotatable bonds is 8. The van der Waals surface area contributed by atoms with E-state index >= 15 is 0 Å². The maximum atomic E-state index is 12.2. The highest BCUT2D eigenvalue weighted by atomic mass is 16.2. The first-order valence-corrected chi connectivity index (χ1v) is 7.44. The number of nitrogens with zero attached hydrogens (tertiary/aromatic N) is 1. The third-order valence-electron chi connectivity index (χ3n) is 3.35. The summed E-state index contributed by atoms with van der Waals surface area (Å²) in [5, 5.41) is 2.50. The molecule has 1 atom stereocenters. The summed E-state index contributed by atoms with van der Waals surface area (Å²) in [6.45, 7) is 3.45. The van der Waals surface area contributed by atoms with E-state index in [2.05, 4.69) is 5.32 Å². The molecule has 0 aromatic heterocycles. The van der Waals surface area contributed by atoms with Crippen molar-refractivity contribution in [2.45, 2.75) is 26.4 Å².